The lowest BCUT2D eigenvalue weighted by atomic mass is 10.1. The maximum Gasteiger partial charge on any atom is 0.264 e. The fourth-order valence-corrected chi connectivity index (χ4v) is 4.81. The van der Waals surface area contributed by atoms with Gasteiger partial charge in [-0.05, 0) is 57.2 Å². The van der Waals surface area contributed by atoms with Crippen molar-refractivity contribution in [3.05, 3.63) is 95.6 Å². The van der Waals surface area contributed by atoms with E-state index in [1.807, 2.05) is 37.3 Å². The molecule has 10 nitrogen and oxygen atoms in total. The minimum Gasteiger partial charge on any atom is -0.322 e. The third-order valence-electron chi connectivity index (χ3n) is 5.62. The van der Waals surface area contributed by atoms with E-state index in [-0.39, 0.29) is 10.8 Å². The summed E-state index contributed by atoms with van der Waals surface area (Å²) >= 11 is 0. The van der Waals surface area contributed by atoms with Crippen molar-refractivity contribution in [1.82, 2.24) is 24.6 Å². The van der Waals surface area contributed by atoms with E-state index in [2.05, 4.69) is 30.1 Å². The van der Waals surface area contributed by atoms with Gasteiger partial charge in [-0.25, -0.2) is 32.6 Å². The minimum atomic E-state index is -3.91. The van der Waals surface area contributed by atoms with E-state index >= 15 is 0 Å². The molecule has 1 amide bonds. The molecular formula is C26H23N7O3S. The summed E-state index contributed by atoms with van der Waals surface area (Å²) < 4.78 is 29.5. The van der Waals surface area contributed by atoms with E-state index in [4.69, 9.17) is 0 Å². The standard InChI is InChI=1S/C26H23N7O3S/c1-16-4-6-19(7-5-16)23-12-13-27-24-22(15-28-33(23)24)25(34)31-20-8-10-21(11-9-20)37(35,36)32-26-29-17(2)14-18(3)30-26/h4-15H,1-3H3,(H,31,34)(H,29,30,32). The van der Waals surface area contributed by atoms with Gasteiger partial charge >= 0.3 is 0 Å². The first-order chi connectivity index (χ1) is 17.7. The molecule has 0 bridgehead atoms. The molecule has 0 spiro atoms. The molecule has 0 aliphatic heterocycles. The Morgan fingerprint density at radius 1 is 0.892 bits per heavy atom. The first-order valence-corrected chi connectivity index (χ1v) is 12.8. The molecule has 0 aliphatic carbocycles. The van der Waals surface area contributed by atoms with E-state index in [1.54, 1.807) is 30.6 Å². The summed E-state index contributed by atoms with van der Waals surface area (Å²) in [4.78, 5) is 25.6. The van der Waals surface area contributed by atoms with Gasteiger partial charge < -0.3 is 5.32 Å². The van der Waals surface area contributed by atoms with Crippen molar-refractivity contribution in [2.75, 3.05) is 10.0 Å². The molecule has 0 saturated carbocycles. The quantitative estimate of drug-likeness (QED) is 0.348. The Kier molecular flexibility index (Phi) is 6.14. The number of benzene rings is 2. The summed E-state index contributed by atoms with van der Waals surface area (Å²) in [5.74, 6) is -0.415. The fourth-order valence-electron chi connectivity index (χ4n) is 3.86. The predicted molar refractivity (Wildman–Crippen MR) is 140 cm³/mol. The summed E-state index contributed by atoms with van der Waals surface area (Å²) in [5, 5.41) is 7.15. The molecule has 0 radical (unpaired) electrons. The Morgan fingerprint density at radius 2 is 1.57 bits per heavy atom. The van der Waals surface area contributed by atoms with Crippen molar-refractivity contribution in [3.8, 4) is 11.3 Å². The maximum atomic E-state index is 13.0. The largest absolute Gasteiger partial charge is 0.322 e. The monoisotopic (exact) mass is 513 g/mol. The van der Waals surface area contributed by atoms with Crippen LogP contribution in [0.5, 0.6) is 0 Å². The van der Waals surface area contributed by atoms with Crippen LogP contribution in [0.1, 0.15) is 27.3 Å². The molecule has 0 saturated heterocycles. The van der Waals surface area contributed by atoms with E-state index in [9.17, 15) is 13.2 Å². The van der Waals surface area contributed by atoms with Crippen LogP contribution >= 0.6 is 0 Å². The van der Waals surface area contributed by atoms with Gasteiger partial charge in [-0.15, -0.1) is 0 Å². The molecule has 3 heterocycles. The molecule has 37 heavy (non-hydrogen) atoms. The maximum absolute atomic E-state index is 13.0. The van der Waals surface area contributed by atoms with Crippen LogP contribution in [-0.2, 0) is 10.0 Å². The van der Waals surface area contributed by atoms with E-state index in [0.29, 0.717) is 28.3 Å². The van der Waals surface area contributed by atoms with Gasteiger partial charge in [-0.1, -0.05) is 29.8 Å². The minimum absolute atomic E-state index is 0.000437. The lowest BCUT2D eigenvalue weighted by Crippen LogP contribution is -2.16. The number of nitrogens with zero attached hydrogens (tertiary/aromatic N) is 5. The normalized spacial score (nSPS) is 11.4. The Labute approximate surface area is 213 Å². The van der Waals surface area contributed by atoms with Crippen LogP contribution in [0.3, 0.4) is 0 Å². The second kappa shape index (κ2) is 9.43. The Morgan fingerprint density at radius 3 is 2.24 bits per heavy atom. The van der Waals surface area contributed by atoms with Gasteiger partial charge in [0, 0.05) is 28.8 Å². The molecule has 5 rings (SSSR count). The number of fused-ring (bicyclic) bond motifs is 1. The summed E-state index contributed by atoms with van der Waals surface area (Å²) in [5.41, 5.74) is 5.31. The Hall–Kier alpha value is -4.64. The van der Waals surface area contributed by atoms with Crippen LogP contribution < -0.4 is 10.0 Å². The fraction of sp³-hybridized carbons (Fsp3) is 0.115. The highest BCUT2D eigenvalue weighted by atomic mass is 32.2. The van der Waals surface area contributed by atoms with Crippen molar-refractivity contribution >= 4 is 33.2 Å². The van der Waals surface area contributed by atoms with Crippen molar-refractivity contribution in [2.45, 2.75) is 25.7 Å². The van der Waals surface area contributed by atoms with Gasteiger partial charge in [0.25, 0.3) is 15.9 Å². The van der Waals surface area contributed by atoms with Gasteiger partial charge in [0.2, 0.25) is 5.95 Å². The SMILES string of the molecule is Cc1ccc(-c2ccnc3c(C(=O)Nc4ccc(S(=O)(=O)Nc5nc(C)cc(C)n5)cc4)cnn23)cc1. The number of anilines is 2. The zero-order chi connectivity index (χ0) is 26.2. The van der Waals surface area contributed by atoms with E-state index in [1.165, 1.54) is 30.5 Å². The number of carbonyl (C=O) groups is 1. The van der Waals surface area contributed by atoms with Crippen molar-refractivity contribution in [2.24, 2.45) is 0 Å². The highest BCUT2D eigenvalue weighted by molar-refractivity contribution is 7.92. The van der Waals surface area contributed by atoms with Crippen LogP contribution in [0.25, 0.3) is 16.9 Å². The van der Waals surface area contributed by atoms with Crippen molar-refractivity contribution in [3.63, 3.8) is 0 Å². The van der Waals surface area contributed by atoms with Crippen molar-refractivity contribution in [1.29, 1.82) is 0 Å². The number of aryl methyl sites for hydroxylation is 3. The van der Waals surface area contributed by atoms with Crippen LogP contribution in [-0.4, -0.2) is 38.9 Å². The summed E-state index contributed by atoms with van der Waals surface area (Å²) in [6.07, 6.45) is 3.09. The third kappa shape index (κ3) is 5.02. The van der Waals surface area contributed by atoms with Gasteiger partial charge in [0.05, 0.1) is 16.8 Å². The molecular weight excluding hydrogens is 490 g/mol. The molecule has 2 aromatic carbocycles. The van der Waals surface area contributed by atoms with Gasteiger partial charge in [-0.3, -0.25) is 4.79 Å². The second-order valence-electron chi connectivity index (χ2n) is 8.55. The molecule has 11 heteroatoms. The second-order valence-corrected chi connectivity index (χ2v) is 10.2. The van der Waals surface area contributed by atoms with E-state index in [0.717, 1.165) is 16.8 Å². The zero-order valence-electron chi connectivity index (χ0n) is 20.3. The number of hydrogen-bond donors (Lipinski definition) is 2. The van der Waals surface area contributed by atoms with Crippen LogP contribution in [0.2, 0.25) is 0 Å². The van der Waals surface area contributed by atoms with Crippen LogP contribution in [0.4, 0.5) is 11.6 Å². The van der Waals surface area contributed by atoms with Gasteiger partial charge in [0.1, 0.15) is 5.56 Å². The highest BCUT2D eigenvalue weighted by Gasteiger charge is 2.19. The first-order valence-electron chi connectivity index (χ1n) is 11.4. The van der Waals surface area contributed by atoms with E-state index < -0.39 is 15.9 Å². The van der Waals surface area contributed by atoms with Gasteiger partial charge in [0.15, 0.2) is 5.65 Å². The lowest BCUT2D eigenvalue weighted by molar-refractivity contribution is 0.102. The Balaban J connectivity index is 1.35. The van der Waals surface area contributed by atoms with Crippen LogP contribution in [0.15, 0.2) is 78.0 Å². The van der Waals surface area contributed by atoms with Crippen LogP contribution in [0, 0.1) is 20.8 Å². The number of rotatable bonds is 6. The first kappa shape index (κ1) is 24.1. The molecule has 0 fully saturated rings. The number of nitrogens with one attached hydrogen (secondary N) is 2. The number of sulfonamides is 1. The average Bonchev–Trinajstić information content (AvgIpc) is 3.29. The summed E-state index contributed by atoms with van der Waals surface area (Å²) in [7, 11) is -3.91. The molecule has 0 aliphatic rings. The highest BCUT2D eigenvalue weighted by Crippen LogP contribution is 2.23. The van der Waals surface area contributed by atoms with Gasteiger partial charge in [-0.2, -0.15) is 5.10 Å². The smallest absolute Gasteiger partial charge is 0.264 e. The number of carbonyl (C=O) groups excluding carboxylic acids is 1. The predicted octanol–water partition coefficient (Wildman–Crippen LogP) is 4.16. The number of amides is 1. The third-order valence-corrected chi connectivity index (χ3v) is 6.97. The Bertz CT molecular complexity index is 1710. The number of hydrogen-bond acceptors (Lipinski definition) is 7. The number of aromatic nitrogens is 5. The average molecular weight is 514 g/mol. The zero-order valence-corrected chi connectivity index (χ0v) is 21.1. The molecule has 2 N–H and O–H groups in total. The molecule has 3 aromatic heterocycles. The lowest BCUT2D eigenvalue weighted by Gasteiger charge is -2.09. The molecule has 5 aromatic rings. The molecule has 186 valence electrons. The topological polar surface area (TPSA) is 131 Å². The summed E-state index contributed by atoms with van der Waals surface area (Å²) in [6, 6.07) is 17.4. The molecule has 0 atom stereocenters. The summed E-state index contributed by atoms with van der Waals surface area (Å²) in [6.45, 7) is 5.53. The van der Waals surface area contributed by atoms with Crippen molar-refractivity contribution < 1.29 is 13.2 Å². The molecule has 0 unspecified atom stereocenters.